The Balaban J connectivity index is 1.92. The number of rotatable bonds is 4. The lowest BCUT2D eigenvalue weighted by atomic mass is 9.95. The van der Waals surface area contributed by atoms with Crippen molar-refractivity contribution in [2.75, 3.05) is 25.0 Å². The van der Waals surface area contributed by atoms with Crippen LogP contribution in [0.1, 0.15) is 29.6 Å². The monoisotopic (exact) mass is 292 g/mol. The summed E-state index contributed by atoms with van der Waals surface area (Å²) >= 11 is 0. The highest BCUT2D eigenvalue weighted by molar-refractivity contribution is 5.91. The molecule has 0 bridgehead atoms. The quantitative estimate of drug-likeness (QED) is 0.792. The number of piperidine rings is 1. The van der Waals surface area contributed by atoms with Crippen molar-refractivity contribution in [1.82, 2.24) is 4.90 Å². The fourth-order valence-electron chi connectivity index (χ4n) is 2.57. The smallest absolute Gasteiger partial charge is 0.335 e. The number of benzene rings is 1. The van der Waals surface area contributed by atoms with Crippen LogP contribution in [0.15, 0.2) is 24.3 Å². The molecule has 1 unspecified atom stereocenters. The first kappa shape index (κ1) is 15.3. The first-order valence-electron chi connectivity index (χ1n) is 7.10. The van der Waals surface area contributed by atoms with Crippen LogP contribution in [-0.2, 0) is 0 Å². The summed E-state index contributed by atoms with van der Waals surface area (Å²) in [6.07, 6.45) is 2.70. The average Bonchev–Trinajstić information content (AvgIpc) is 2.48. The summed E-state index contributed by atoms with van der Waals surface area (Å²) in [7, 11) is 0. The maximum absolute atomic E-state index is 12.2. The molecular weight excluding hydrogens is 272 g/mol. The van der Waals surface area contributed by atoms with Crippen molar-refractivity contribution in [2.24, 2.45) is 5.92 Å². The number of anilines is 1. The van der Waals surface area contributed by atoms with Crippen LogP contribution in [0, 0.1) is 5.92 Å². The number of aromatic carboxylic acids is 1. The molecule has 0 aliphatic carbocycles. The van der Waals surface area contributed by atoms with Gasteiger partial charge in [-0.05, 0) is 49.4 Å². The minimum Gasteiger partial charge on any atom is -0.478 e. The van der Waals surface area contributed by atoms with E-state index >= 15 is 0 Å². The molecule has 6 nitrogen and oxygen atoms in total. The maximum atomic E-state index is 12.2. The van der Waals surface area contributed by atoms with E-state index in [0.717, 1.165) is 19.3 Å². The SMILES string of the molecule is O=C(O)c1ccc(NC(=O)N2CCCC(CCO)C2)cc1. The van der Waals surface area contributed by atoms with E-state index < -0.39 is 5.97 Å². The number of urea groups is 1. The summed E-state index contributed by atoms with van der Waals surface area (Å²) in [5.74, 6) is -0.639. The normalized spacial score (nSPS) is 18.3. The van der Waals surface area contributed by atoms with Gasteiger partial charge in [0.25, 0.3) is 0 Å². The van der Waals surface area contributed by atoms with Gasteiger partial charge in [-0.2, -0.15) is 0 Å². The zero-order chi connectivity index (χ0) is 15.2. The third-order valence-corrected chi connectivity index (χ3v) is 3.73. The number of hydrogen-bond acceptors (Lipinski definition) is 3. The molecule has 2 rings (SSSR count). The third kappa shape index (κ3) is 4.19. The lowest BCUT2D eigenvalue weighted by Gasteiger charge is -2.32. The minimum absolute atomic E-state index is 0.150. The summed E-state index contributed by atoms with van der Waals surface area (Å²) < 4.78 is 0. The van der Waals surface area contributed by atoms with Crippen LogP contribution in [0.3, 0.4) is 0 Å². The number of carboxylic acids is 1. The highest BCUT2D eigenvalue weighted by atomic mass is 16.4. The predicted octanol–water partition coefficient (Wildman–Crippen LogP) is 2.01. The zero-order valence-corrected chi connectivity index (χ0v) is 11.8. The molecule has 1 saturated heterocycles. The molecule has 1 aromatic carbocycles. The number of hydrogen-bond donors (Lipinski definition) is 3. The summed E-state index contributed by atoms with van der Waals surface area (Å²) in [6, 6.07) is 5.90. The molecular formula is C15H20N2O4. The molecule has 0 spiro atoms. The van der Waals surface area contributed by atoms with Gasteiger partial charge in [-0.1, -0.05) is 0 Å². The molecule has 1 fully saturated rings. The molecule has 1 atom stereocenters. The van der Waals surface area contributed by atoms with Crippen LogP contribution in [0.4, 0.5) is 10.5 Å². The van der Waals surface area contributed by atoms with Gasteiger partial charge in [0.05, 0.1) is 5.56 Å². The Labute approximate surface area is 123 Å². The zero-order valence-electron chi connectivity index (χ0n) is 11.8. The van der Waals surface area contributed by atoms with Gasteiger partial charge >= 0.3 is 12.0 Å². The van der Waals surface area contributed by atoms with Gasteiger partial charge in [-0.15, -0.1) is 0 Å². The van der Waals surface area contributed by atoms with E-state index in [4.69, 9.17) is 10.2 Å². The van der Waals surface area contributed by atoms with Crippen LogP contribution in [0.25, 0.3) is 0 Å². The second-order valence-electron chi connectivity index (χ2n) is 5.28. The Morgan fingerprint density at radius 3 is 2.62 bits per heavy atom. The fourth-order valence-corrected chi connectivity index (χ4v) is 2.57. The van der Waals surface area contributed by atoms with E-state index in [0.29, 0.717) is 24.7 Å². The second-order valence-corrected chi connectivity index (χ2v) is 5.28. The van der Waals surface area contributed by atoms with E-state index in [1.54, 1.807) is 17.0 Å². The summed E-state index contributed by atoms with van der Waals surface area (Å²) in [5, 5.41) is 20.6. The number of aliphatic hydroxyl groups is 1. The number of likely N-dealkylation sites (tertiary alicyclic amines) is 1. The maximum Gasteiger partial charge on any atom is 0.335 e. The first-order chi connectivity index (χ1) is 10.1. The first-order valence-corrected chi connectivity index (χ1v) is 7.10. The number of carboxylic acid groups (broad SMARTS) is 1. The Kier molecular flexibility index (Phi) is 5.16. The van der Waals surface area contributed by atoms with Crippen LogP contribution in [0.5, 0.6) is 0 Å². The molecule has 114 valence electrons. The van der Waals surface area contributed by atoms with Gasteiger partial charge in [0.2, 0.25) is 0 Å². The van der Waals surface area contributed by atoms with Crippen molar-refractivity contribution in [3.05, 3.63) is 29.8 Å². The standard InChI is InChI=1S/C15H20N2O4/c18-9-7-11-2-1-8-17(10-11)15(21)16-13-5-3-12(4-6-13)14(19)20/h3-6,11,18H,1-2,7-10H2,(H,16,21)(H,19,20). The number of nitrogens with zero attached hydrogens (tertiary/aromatic N) is 1. The van der Waals surface area contributed by atoms with Crippen molar-refractivity contribution in [1.29, 1.82) is 0 Å². The van der Waals surface area contributed by atoms with Gasteiger partial charge in [0.1, 0.15) is 0 Å². The van der Waals surface area contributed by atoms with E-state index in [2.05, 4.69) is 5.32 Å². The van der Waals surface area contributed by atoms with E-state index in [9.17, 15) is 9.59 Å². The Morgan fingerprint density at radius 2 is 2.00 bits per heavy atom. The molecule has 6 heteroatoms. The number of amides is 2. The van der Waals surface area contributed by atoms with Crippen molar-refractivity contribution in [3.8, 4) is 0 Å². The summed E-state index contributed by atoms with van der Waals surface area (Å²) in [5.41, 5.74) is 0.767. The molecule has 0 radical (unpaired) electrons. The van der Waals surface area contributed by atoms with Crippen LogP contribution < -0.4 is 5.32 Å². The van der Waals surface area contributed by atoms with E-state index in [1.165, 1.54) is 12.1 Å². The number of carbonyl (C=O) groups excluding carboxylic acids is 1. The topological polar surface area (TPSA) is 89.9 Å². The summed E-state index contributed by atoms with van der Waals surface area (Å²) in [6.45, 7) is 1.51. The van der Waals surface area contributed by atoms with Crippen LogP contribution >= 0.6 is 0 Å². The van der Waals surface area contributed by atoms with Gasteiger partial charge in [0.15, 0.2) is 0 Å². The van der Waals surface area contributed by atoms with Gasteiger partial charge in [0, 0.05) is 25.4 Å². The van der Waals surface area contributed by atoms with E-state index in [1.807, 2.05) is 0 Å². The van der Waals surface area contributed by atoms with Crippen molar-refractivity contribution >= 4 is 17.7 Å². The Bertz CT molecular complexity index is 499. The van der Waals surface area contributed by atoms with Crippen LogP contribution in [-0.4, -0.2) is 46.8 Å². The average molecular weight is 292 g/mol. The third-order valence-electron chi connectivity index (χ3n) is 3.73. The predicted molar refractivity (Wildman–Crippen MR) is 78.4 cm³/mol. The molecule has 1 heterocycles. The van der Waals surface area contributed by atoms with E-state index in [-0.39, 0.29) is 18.2 Å². The lowest BCUT2D eigenvalue weighted by molar-refractivity contribution is 0.0697. The minimum atomic E-state index is -0.990. The Morgan fingerprint density at radius 1 is 1.29 bits per heavy atom. The number of aliphatic hydroxyl groups excluding tert-OH is 1. The molecule has 1 aromatic rings. The highest BCUT2D eigenvalue weighted by Gasteiger charge is 2.23. The van der Waals surface area contributed by atoms with Crippen LogP contribution in [0.2, 0.25) is 0 Å². The van der Waals surface area contributed by atoms with Crippen molar-refractivity contribution in [3.63, 3.8) is 0 Å². The lowest BCUT2D eigenvalue weighted by Crippen LogP contribution is -2.42. The number of carbonyl (C=O) groups is 2. The van der Waals surface area contributed by atoms with Gasteiger partial charge in [-0.3, -0.25) is 0 Å². The molecule has 0 saturated carbocycles. The molecule has 0 aromatic heterocycles. The molecule has 21 heavy (non-hydrogen) atoms. The fraction of sp³-hybridized carbons (Fsp3) is 0.467. The largest absolute Gasteiger partial charge is 0.478 e. The summed E-state index contributed by atoms with van der Waals surface area (Å²) in [4.78, 5) is 24.7. The highest BCUT2D eigenvalue weighted by Crippen LogP contribution is 2.20. The van der Waals surface area contributed by atoms with Gasteiger partial charge < -0.3 is 20.4 Å². The number of nitrogens with one attached hydrogen (secondary N) is 1. The Hall–Kier alpha value is -2.08. The molecule has 1 aliphatic rings. The molecule has 1 aliphatic heterocycles. The van der Waals surface area contributed by atoms with Gasteiger partial charge in [-0.25, -0.2) is 9.59 Å². The molecule has 2 amide bonds. The van der Waals surface area contributed by atoms with Crippen molar-refractivity contribution in [2.45, 2.75) is 19.3 Å². The molecule has 3 N–H and O–H groups in total. The second kappa shape index (κ2) is 7.08. The van der Waals surface area contributed by atoms with Crippen molar-refractivity contribution < 1.29 is 19.8 Å².